The van der Waals surface area contributed by atoms with E-state index in [1.807, 2.05) is 0 Å². The Bertz CT molecular complexity index is 313. The van der Waals surface area contributed by atoms with Crippen LogP contribution >= 0.6 is 0 Å². The molecular formula is C20H34. The molecule has 0 heterocycles. The van der Waals surface area contributed by atoms with Crippen molar-refractivity contribution < 1.29 is 0 Å². The second kappa shape index (κ2) is 10.0. The van der Waals surface area contributed by atoms with Gasteiger partial charge in [0.2, 0.25) is 0 Å². The van der Waals surface area contributed by atoms with Crippen molar-refractivity contribution in [1.82, 2.24) is 0 Å². The molecule has 0 bridgehead atoms. The molecule has 1 aromatic carbocycles. The molecule has 0 unspecified atom stereocenters. The lowest BCUT2D eigenvalue weighted by Crippen LogP contribution is -2.22. The highest BCUT2D eigenvalue weighted by molar-refractivity contribution is 5.24. The summed E-state index contributed by atoms with van der Waals surface area (Å²) in [5.41, 5.74) is 1.94. The Morgan fingerprint density at radius 2 is 1.20 bits per heavy atom. The van der Waals surface area contributed by atoms with Crippen molar-refractivity contribution in [3.8, 4) is 0 Å². The maximum atomic E-state index is 2.49. The van der Waals surface area contributed by atoms with E-state index in [1.165, 1.54) is 64.2 Å². The molecule has 0 atom stereocenters. The first-order valence-corrected chi connectivity index (χ1v) is 8.78. The summed E-state index contributed by atoms with van der Waals surface area (Å²) < 4.78 is 0. The zero-order valence-electron chi connectivity index (χ0n) is 14.0. The number of unbranched alkanes of at least 4 members (excludes halogenated alkanes) is 6. The second-order valence-electron chi connectivity index (χ2n) is 6.55. The van der Waals surface area contributed by atoms with Gasteiger partial charge in [-0.1, -0.05) is 102 Å². The third kappa shape index (κ3) is 6.11. The average Bonchev–Trinajstić information content (AvgIpc) is 2.49. The molecule has 1 aromatic rings. The van der Waals surface area contributed by atoms with E-state index >= 15 is 0 Å². The maximum Gasteiger partial charge on any atom is -0.00753 e. The van der Waals surface area contributed by atoms with E-state index < -0.39 is 0 Å². The fourth-order valence-electron chi connectivity index (χ4n) is 3.14. The predicted molar refractivity (Wildman–Crippen MR) is 91.3 cm³/mol. The highest BCUT2D eigenvalue weighted by Crippen LogP contribution is 2.35. The van der Waals surface area contributed by atoms with Gasteiger partial charge in [-0.05, 0) is 23.8 Å². The summed E-state index contributed by atoms with van der Waals surface area (Å²) >= 11 is 0. The fraction of sp³-hybridized carbons (Fsp3) is 0.700. The van der Waals surface area contributed by atoms with E-state index in [1.54, 1.807) is 5.56 Å². The first kappa shape index (κ1) is 17.3. The van der Waals surface area contributed by atoms with Gasteiger partial charge in [-0.3, -0.25) is 0 Å². The third-order valence-corrected chi connectivity index (χ3v) is 4.63. The molecule has 0 fully saturated rings. The van der Waals surface area contributed by atoms with Crippen molar-refractivity contribution in [2.24, 2.45) is 0 Å². The summed E-state index contributed by atoms with van der Waals surface area (Å²) in [7, 11) is 0. The molecule has 0 saturated heterocycles. The summed E-state index contributed by atoms with van der Waals surface area (Å²) in [6.07, 6.45) is 13.7. The Balaban J connectivity index is 2.57. The first-order chi connectivity index (χ1) is 9.73. The molecule has 20 heavy (non-hydrogen) atoms. The van der Waals surface area contributed by atoms with Crippen molar-refractivity contribution in [2.75, 3.05) is 0 Å². The lowest BCUT2D eigenvalue weighted by molar-refractivity contribution is 0.364. The van der Waals surface area contributed by atoms with Crippen LogP contribution in [0.2, 0.25) is 0 Å². The smallest absolute Gasteiger partial charge is 0.00753 e. The van der Waals surface area contributed by atoms with Crippen LogP contribution in [0.5, 0.6) is 0 Å². The van der Waals surface area contributed by atoms with Gasteiger partial charge in [-0.25, -0.2) is 0 Å². The van der Waals surface area contributed by atoms with Gasteiger partial charge in [-0.15, -0.1) is 0 Å². The molecule has 0 aliphatic carbocycles. The van der Waals surface area contributed by atoms with Gasteiger partial charge in [0.25, 0.3) is 0 Å². The molecule has 0 amide bonds. The van der Waals surface area contributed by atoms with Crippen LogP contribution in [0.15, 0.2) is 30.3 Å². The zero-order chi connectivity index (χ0) is 14.7. The van der Waals surface area contributed by atoms with E-state index in [2.05, 4.69) is 51.1 Å². The topological polar surface area (TPSA) is 0 Å². The van der Waals surface area contributed by atoms with Crippen LogP contribution in [0.3, 0.4) is 0 Å². The van der Waals surface area contributed by atoms with Crippen LogP contribution in [-0.4, -0.2) is 0 Å². The first-order valence-electron chi connectivity index (χ1n) is 8.78. The van der Waals surface area contributed by atoms with Crippen molar-refractivity contribution in [3.05, 3.63) is 35.9 Å². The summed E-state index contributed by atoms with van der Waals surface area (Å²) in [6.45, 7) is 7.07. The van der Waals surface area contributed by atoms with Crippen LogP contribution < -0.4 is 0 Å². The maximum absolute atomic E-state index is 2.49. The van der Waals surface area contributed by atoms with Crippen molar-refractivity contribution >= 4 is 0 Å². The Morgan fingerprint density at radius 3 is 1.65 bits per heavy atom. The predicted octanol–water partition coefficient (Wildman–Crippen LogP) is 6.89. The van der Waals surface area contributed by atoms with Crippen LogP contribution in [-0.2, 0) is 5.41 Å². The van der Waals surface area contributed by atoms with E-state index in [-0.39, 0.29) is 0 Å². The van der Waals surface area contributed by atoms with E-state index in [9.17, 15) is 0 Å². The van der Waals surface area contributed by atoms with Crippen molar-refractivity contribution in [2.45, 2.75) is 90.4 Å². The third-order valence-electron chi connectivity index (χ3n) is 4.63. The lowest BCUT2D eigenvalue weighted by Gasteiger charge is -2.31. The van der Waals surface area contributed by atoms with Crippen LogP contribution in [0.25, 0.3) is 0 Å². The molecule has 0 aliphatic heterocycles. The molecule has 1 rings (SSSR count). The average molecular weight is 274 g/mol. The molecule has 0 saturated carbocycles. The number of hydrogen-bond acceptors (Lipinski definition) is 0. The Morgan fingerprint density at radius 1 is 0.700 bits per heavy atom. The van der Waals surface area contributed by atoms with E-state index in [4.69, 9.17) is 0 Å². The van der Waals surface area contributed by atoms with Gasteiger partial charge in [0, 0.05) is 0 Å². The Kier molecular flexibility index (Phi) is 8.65. The summed E-state index contributed by atoms with van der Waals surface area (Å²) in [5, 5.41) is 0. The van der Waals surface area contributed by atoms with E-state index in [0.717, 1.165) is 0 Å². The van der Waals surface area contributed by atoms with Gasteiger partial charge in [-0.2, -0.15) is 0 Å². The minimum atomic E-state index is 0.392. The highest BCUT2D eigenvalue weighted by Gasteiger charge is 2.25. The number of benzene rings is 1. The summed E-state index contributed by atoms with van der Waals surface area (Å²) in [5.74, 6) is 0. The van der Waals surface area contributed by atoms with Crippen molar-refractivity contribution in [3.63, 3.8) is 0 Å². The fourth-order valence-corrected chi connectivity index (χ4v) is 3.14. The molecule has 0 heteroatoms. The number of hydrogen-bond donors (Lipinski definition) is 0. The molecular weight excluding hydrogens is 240 g/mol. The molecule has 0 aromatic heterocycles. The quantitative estimate of drug-likeness (QED) is 0.386. The van der Waals surface area contributed by atoms with Crippen LogP contribution in [0.1, 0.15) is 90.5 Å². The standard InChI is InChI=1S/C20H34/c1-4-6-8-13-17-20(3,18-14-9-7-5-2)19-15-11-10-12-16-19/h10-12,15-16H,4-9,13-14,17-18H2,1-3H3. The van der Waals surface area contributed by atoms with Gasteiger partial charge >= 0.3 is 0 Å². The number of rotatable bonds is 11. The summed E-state index contributed by atoms with van der Waals surface area (Å²) in [4.78, 5) is 0. The van der Waals surface area contributed by atoms with Crippen molar-refractivity contribution in [1.29, 1.82) is 0 Å². The summed E-state index contributed by atoms with van der Waals surface area (Å²) in [6, 6.07) is 11.2. The van der Waals surface area contributed by atoms with E-state index in [0.29, 0.717) is 5.41 Å². The molecule has 0 N–H and O–H groups in total. The van der Waals surface area contributed by atoms with Gasteiger partial charge in [0.15, 0.2) is 0 Å². The Labute approximate surface area is 127 Å². The molecule has 0 nitrogen and oxygen atoms in total. The zero-order valence-corrected chi connectivity index (χ0v) is 14.0. The molecule has 0 aliphatic rings. The molecule has 0 radical (unpaired) electrons. The van der Waals surface area contributed by atoms with Gasteiger partial charge in [0.05, 0.1) is 0 Å². The molecule has 114 valence electrons. The minimum Gasteiger partial charge on any atom is -0.0654 e. The van der Waals surface area contributed by atoms with Gasteiger partial charge < -0.3 is 0 Å². The highest BCUT2D eigenvalue weighted by atomic mass is 14.3. The van der Waals surface area contributed by atoms with Crippen LogP contribution in [0.4, 0.5) is 0 Å². The van der Waals surface area contributed by atoms with Crippen LogP contribution in [0, 0.1) is 0 Å². The SMILES string of the molecule is CCCCCCC(C)(CCCCCC)c1ccccc1. The molecule has 0 spiro atoms. The Hall–Kier alpha value is -0.780. The van der Waals surface area contributed by atoms with Gasteiger partial charge in [0.1, 0.15) is 0 Å². The normalized spacial score (nSPS) is 11.8. The minimum absolute atomic E-state index is 0.392. The monoisotopic (exact) mass is 274 g/mol. The second-order valence-corrected chi connectivity index (χ2v) is 6.55. The largest absolute Gasteiger partial charge is 0.0654 e. The lowest BCUT2D eigenvalue weighted by atomic mass is 9.74.